The number of thioether (sulfide) groups is 1. The predicted molar refractivity (Wildman–Crippen MR) is 69.0 cm³/mol. The van der Waals surface area contributed by atoms with E-state index in [1.807, 2.05) is 19.2 Å². The third-order valence-electron chi connectivity index (χ3n) is 2.29. The maximum absolute atomic E-state index is 9.26. The molecule has 0 saturated carbocycles. The van der Waals surface area contributed by atoms with Gasteiger partial charge in [0.25, 0.3) is 0 Å². The summed E-state index contributed by atoms with van der Waals surface area (Å²) in [5, 5.41) is 9.89. The van der Waals surface area contributed by atoms with Gasteiger partial charge in [0.15, 0.2) is 0 Å². The lowest BCUT2D eigenvalue weighted by Gasteiger charge is -2.22. The molecule has 84 valence electrons. The molecule has 0 spiro atoms. The number of aliphatic hydroxyl groups excluding tert-OH is 1. The van der Waals surface area contributed by atoms with Gasteiger partial charge in [-0.25, -0.2) is 0 Å². The van der Waals surface area contributed by atoms with Crippen LogP contribution in [0, 0.1) is 0 Å². The van der Waals surface area contributed by atoms with Gasteiger partial charge in [0.2, 0.25) is 0 Å². The van der Waals surface area contributed by atoms with Crippen molar-refractivity contribution in [2.75, 3.05) is 30.5 Å². The van der Waals surface area contributed by atoms with Crippen LogP contribution in [0.4, 0.5) is 5.69 Å². The summed E-state index contributed by atoms with van der Waals surface area (Å²) < 4.78 is 0. The smallest absolute Gasteiger partial charge is 0.0716 e. The van der Waals surface area contributed by atoms with Crippen LogP contribution >= 0.6 is 23.4 Å². The van der Waals surface area contributed by atoms with E-state index in [9.17, 15) is 5.11 Å². The van der Waals surface area contributed by atoms with Gasteiger partial charge >= 0.3 is 0 Å². The Kier molecular flexibility index (Phi) is 5.29. The van der Waals surface area contributed by atoms with E-state index in [4.69, 9.17) is 11.6 Å². The second kappa shape index (κ2) is 6.26. The van der Waals surface area contributed by atoms with Crippen molar-refractivity contribution < 1.29 is 5.11 Å². The molecule has 2 nitrogen and oxygen atoms in total. The molecular weight excluding hydrogens is 230 g/mol. The van der Waals surface area contributed by atoms with Crippen LogP contribution in [-0.4, -0.2) is 30.7 Å². The average Bonchev–Trinajstić information content (AvgIpc) is 2.25. The van der Waals surface area contributed by atoms with E-state index in [1.54, 1.807) is 17.8 Å². The summed E-state index contributed by atoms with van der Waals surface area (Å²) in [4.78, 5) is 2.12. The van der Waals surface area contributed by atoms with Crippen molar-refractivity contribution in [1.29, 1.82) is 0 Å². The average molecular weight is 246 g/mol. The van der Waals surface area contributed by atoms with Gasteiger partial charge in [-0.05, 0) is 18.4 Å². The number of hydrogen-bond acceptors (Lipinski definition) is 3. The van der Waals surface area contributed by atoms with Crippen molar-refractivity contribution in [3.05, 3.63) is 28.8 Å². The number of rotatable bonds is 5. The molecule has 0 radical (unpaired) electrons. The SMILES string of the molecule is CSCCN(C)c1cccc(Cl)c1CO. The van der Waals surface area contributed by atoms with Crippen molar-refractivity contribution in [3.8, 4) is 0 Å². The third kappa shape index (κ3) is 3.30. The Labute approximate surface area is 100 Å². The minimum absolute atomic E-state index is 0.0153. The van der Waals surface area contributed by atoms with Crippen molar-refractivity contribution in [2.24, 2.45) is 0 Å². The molecule has 1 N–H and O–H groups in total. The largest absolute Gasteiger partial charge is 0.392 e. The standard InChI is InChI=1S/C11H16ClNOS/c1-13(6-7-15-2)11-5-3-4-10(12)9(11)8-14/h3-5,14H,6-8H2,1-2H3. The number of aliphatic hydroxyl groups is 1. The molecular formula is C11H16ClNOS. The molecule has 0 saturated heterocycles. The van der Waals surface area contributed by atoms with Gasteiger partial charge in [-0.1, -0.05) is 17.7 Å². The molecule has 1 aromatic carbocycles. The van der Waals surface area contributed by atoms with Gasteiger partial charge in [-0.2, -0.15) is 11.8 Å². The van der Waals surface area contributed by atoms with Crippen LogP contribution in [0.15, 0.2) is 18.2 Å². The Bertz CT molecular complexity index is 319. The van der Waals surface area contributed by atoms with Gasteiger partial charge in [-0.15, -0.1) is 0 Å². The molecule has 0 aliphatic carbocycles. The molecule has 1 aromatic rings. The molecule has 0 heterocycles. The van der Waals surface area contributed by atoms with E-state index in [-0.39, 0.29) is 6.61 Å². The van der Waals surface area contributed by atoms with Crippen LogP contribution in [-0.2, 0) is 6.61 Å². The number of nitrogens with zero attached hydrogens (tertiary/aromatic N) is 1. The molecule has 0 fully saturated rings. The summed E-state index contributed by atoms with van der Waals surface area (Å²) in [6.07, 6.45) is 2.08. The number of anilines is 1. The van der Waals surface area contributed by atoms with Crippen LogP contribution < -0.4 is 4.90 Å². The molecule has 0 aromatic heterocycles. The highest BCUT2D eigenvalue weighted by atomic mass is 35.5. The second-order valence-corrected chi connectivity index (χ2v) is 4.70. The minimum atomic E-state index is -0.0153. The first-order chi connectivity index (χ1) is 7.20. The maximum Gasteiger partial charge on any atom is 0.0716 e. The summed E-state index contributed by atoms with van der Waals surface area (Å²) in [5.41, 5.74) is 1.82. The van der Waals surface area contributed by atoms with Gasteiger partial charge in [-0.3, -0.25) is 0 Å². The van der Waals surface area contributed by atoms with Gasteiger partial charge < -0.3 is 10.0 Å². The van der Waals surface area contributed by atoms with Gasteiger partial charge in [0, 0.05) is 35.6 Å². The van der Waals surface area contributed by atoms with Crippen LogP contribution in [0.3, 0.4) is 0 Å². The minimum Gasteiger partial charge on any atom is -0.392 e. The Morgan fingerprint density at radius 3 is 2.80 bits per heavy atom. The fraction of sp³-hybridized carbons (Fsp3) is 0.455. The Balaban J connectivity index is 2.87. The zero-order chi connectivity index (χ0) is 11.3. The molecule has 0 aliphatic rings. The molecule has 0 atom stereocenters. The van der Waals surface area contributed by atoms with E-state index in [2.05, 4.69) is 11.2 Å². The number of halogens is 1. The first-order valence-corrected chi connectivity index (χ1v) is 6.56. The van der Waals surface area contributed by atoms with Crippen LogP contribution in [0.5, 0.6) is 0 Å². The summed E-state index contributed by atoms with van der Waals surface area (Å²) in [5.74, 6) is 1.06. The predicted octanol–water partition coefficient (Wildman–Crippen LogP) is 2.63. The summed E-state index contributed by atoms with van der Waals surface area (Å²) >= 11 is 7.82. The Morgan fingerprint density at radius 2 is 2.20 bits per heavy atom. The monoisotopic (exact) mass is 245 g/mol. The molecule has 1 rings (SSSR count). The third-order valence-corrected chi connectivity index (χ3v) is 3.24. The van der Waals surface area contributed by atoms with E-state index in [0.717, 1.165) is 23.5 Å². The zero-order valence-corrected chi connectivity index (χ0v) is 10.6. The molecule has 0 amide bonds. The summed E-state index contributed by atoms with van der Waals surface area (Å²) in [7, 11) is 2.01. The second-order valence-electron chi connectivity index (χ2n) is 3.31. The zero-order valence-electron chi connectivity index (χ0n) is 9.03. The lowest BCUT2D eigenvalue weighted by molar-refractivity contribution is 0.282. The van der Waals surface area contributed by atoms with Crippen molar-refractivity contribution >= 4 is 29.1 Å². The van der Waals surface area contributed by atoms with Crippen molar-refractivity contribution in [1.82, 2.24) is 0 Å². The summed E-state index contributed by atoms with van der Waals surface area (Å²) in [6.45, 7) is 0.938. The van der Waals surface area contributed by atoms with E-state index in [1.165, 1.54) is 0 Å². The van der Waals surface area contributed by atoms with E-state index < -0.39 is 0 Å². The Morgan fingerprint density at radius 1 is 1.47 bits per heavy atom. The van der Waals surface area contributed by atoms with Crippen molar-refractivity contribution in [2.45, 2.75) is 6.61 Å². The topological polar surface area (TPSA) is 23.5 Å². The van der Waals surface area contributed by atoms with E-state index in [0.29, 0.717) is 5.02 Å². The first kappa shape index (κ1) is 12.7. The van der Waals surface area contributed by atoms with Crippen molar-refractivity contribution in [3.63, 3.8) is 0 Å². The lowest BCUT2D eigenvalue weighted by Crippen LogP contribution is -2.21. The van der Waals surface area contributed by atoms with Gasteiger partial charge in [0.05, 0.1) is 6.61 Å². The molecule has 0 unspecified atom stereocenters. The van der Waals surface area contributed by atoms with Crippen LogP contribution in [0.1, 0.15) is 5.56 Å². The molecule has 0 aliphatic heterocycles. The van der Waals surface area contributed by atoms with Gasteiger partial charge in [0.1, 0.15) is 0 Å². The number of benzene rings is 1. The fourth-order valence-corrected chi connectivity index (χ4v) is 2.10. The molecule has 4 heteroatoms. The maximum atomic E-state index is 9.26. The highest BCUT2D eigenvalue weighted by Crippen LogP contribution is 2.26. The lowest BCUT2D eigenvalue weighted by atomic mass is 10.1. The normalized spacial score (nSPS) is 10.4. The summed E-state index contributed by atoms with van der Waals surface area (Å²) in [6, 6.07) is 5.70. The quantitative estimate of drug-likeness (QED) is 0.863. The first-order valence-electron chi connectivity index (χ1n) is 4.79. The Hall–Kier alpha value is -0.380. The fourth-order valence-electron chi connectivity index (χ4n) is 1.41. The van der Waals surface area contributed by atoms with Crippen LogP contribution in [0.2, 0.25) is 5.02 Å². The number of hydrogen-bond donors (Lipinski definition) is 1. The molecule has 0 bridgehead atoms. The van der Waals surface area contributed by atoms with E-state index >= 15 is 0 Å². The van der Waals surface area contributed by atoms with Crippen LogP contribution in [0.25, 0.3) is 0 Å². The molecule has 15 heavy (non-hydrogen) atoms. The highest BCUT2D eigenvalue weighted by Gasteiger charge is 2.09. The highest BCUT2D eigenvalue weighted by molar-refractivity contribution is 7.98.